The van der Waals surface area contributed by atoms with Crippen molar-refractivity contribution in [3.63, 3.8) is 0 Å². The maximum absolute atomic E-state index is 11.9. The Morgan fingerprint density at radius 3 is 2.41 bits per heavy atom. The van der Waals surface area contributed by atoms with Crippen LogP contribution < -0.4 is 0 Å². The van der Waals surface area contributed by atoms with E-state index in [1.807, 2.05) is 0 Å². The van der Waals surface area contributed by atoms with Crippen LogP contribution in [0.5, 0.6) is 0 Å². The maximum Gasteiger partial charge on any atom is 0.389 e. The highest BCUT2D eigenvalue weighted by Crippen LogP contribution is 2.37. The highest BCUT2D eigenvalue weighted by atomic mass is 19.4. The van der Waals surface area contributed by atoms with Gasteiger partial charge in [0.2, 0.25) is 0 Å². The Hall–Kier alpha value is -0.540. The molecule has 0 amide bonds. The van der Waals surface area contributed by atoms with Gasteiger partial charge in [0.15, 0.2) is 0 Å². The quantitative estimate of drug-likeness (QED) is 0.708. The molecule has 2 atom stereocenters. The van der Waals surface area contributed by atoms with Crippen molar-refractivity contribution in [1.82, 2.24) is 0 Å². The lowest BCUT2D eigenvalue weighted by molar-refractivity contribution is -0.143. The Morgan fingerprint density at radius 1 is 1.29 bits per heavy atom. The lowest BCUT2D eigenvalue weighted by Gasteiger charge is -2.14. The molecule has 1 rings (SSSR count). The number of hydrogen-bond acceptors (Lipinski definition) is 1. The van der Waals surface area contributed by atoms with Crippen molar-refractivity contribution in [3.05, 3.63) is 0 Å². The van der Waals surface area contributed by atoms with Gasteiger partial charge in [0.05, 0.1) is 6.42 Å². The van der Waals surface area contributed by atoms with Crippen LogP contribution in [0.25, 0.3) is 0 Å². The number of ketones is 1. The van der Waals surface area contributed by atoms with E-state index in [4.69, 9.17) is 0 Å². The second-order valence-electron chi connectivity index (χ2n) is 5.54. The van der Waals surface area contributed by atoms with Crippen molar-refractivity contribution < 1.29 is 18.0 Å². The Kier molecular flexibility index (Phi) is 5.02. The molecule has 0 bridgehead atoms. The molecule has 0 heterocycles. The molecule has 17 heavy (non-hydrogen) atoms. The van der Waals surface area contributed by atoms with Gasteiger partial charge < -0.3 is 0 Å². The zero-order valence-electron chi connectivity index (χ0n) is 10.5. The van der Waals surface area contributed by atoms with Crippen molar-refractivity contribution in [1.29, 1.82) is 0 Å². The maximum atomic E-state index is 11.9. The molecule has 100 valence electrons. The minimum absolute atomic E-state index is 0.225. The molecular formula is C13H21F3O. The summed E-state index contributed by atoms with van der Waals surface area (Å²) in [5.41, 5.74) is 0. The first-order valence-electron chi connectivity index (χ1n) is 6.36. The summed E-state index contributed by atoms with van der Waals surface area (Å²) in [7, 11) is 0. The molecule has 1 saturated carbocycles. The normalized spacial score (nSPS) is 25.5. The summed E-state index contributed by atoms with van der Waals surface area (Å²) in [6.45, 7) is 4.33. The molecule has 0 N–H and O–H groups in total. The number of halogens is 3. The Labute approximate surface area is 101 Å². The Bertz CT molecular complexity index is 258. The molecule has 4 heteroatoms. The van der Waals surface area contributed by atoms with Crippen molar-refractivity contribution in [2.24, 2.45) is 17.8 Å². The third-order valence-corrected chi connectivity index (χ3v) is 3.73. The van der Waals surface area contributed by atoms with E-state index >= 15 is 0 Å². The summed E-state index contributed by atoms with van der Waals surface area (Å²) >= 11 is 0. The van der Waals surface area contributed by atoms with Crippen LogP contribution >= 0.6 is 0 Å². The van der Waals surface area contributed by atoms with E-state index in [1.165, 1.54) is 0 Å². The van der Waals surface area contributed by atoms with Crippen molar-refractivity contribution in [2.75, 3.05) is 0 Å². The largest absolute Gasteiger partial charge is 0.389 e. The number of carbonyl (C=O) groups excluding carboxylic acids is 1. The van der Waals surface area contributed by atoms with Crippen molar-refractivity contribution >= 4 is 5.78 Å². The third-order valence-electron chi connectivity index (χ3n) is 3.73. The van der Waals surface area contributed by atoms with E-state index in [1.54, 1.807) is 0 Å². The lowest BCUT2D eigenvalue weighted by atomic mass is 9.91. The fourth-order valence-electron chi connectivity index (χ4n) is 2.61. The lowest BCUT2D eigenvalue weighted by Crippen LogP contribution is -2.13. The average molecular weight is 250 g/mol. The molecule has 0 aromatic heterocycles. The zero-order chi connectivity index (χ0) is 13.1. The molecule has 0 saturated heterocycles. The molecule has 0 spiro atoms. The van der Waals surface area contributed by atoms with Crippen LogP contribution in [0.4, 0.5) is 13.2 Å². The van der Waals surface area contributed by atoms with Gasteiger partial charge in [-0.1, -0.05) is 13.8 Å². The summed E-state index contributed by atoms with van der Waals surface area (Å²) in [6, 6.07) is 0. The molecule has 0 aliphatic heterocycles. The van der Waals surface area contributed by atoms with Gasteiger partial charge in [0.1, 0.15) is 5.78 Å². The van der Waals surface area contributed by atoms with Gasteiger partial charge in [0.25, 0.3) is 0 Å². The van der Waals surface area contributed by atoms with Crippen LogP contribution in [0.2, 0.25) is 0 Å². The molecule has 0 radical (unpaired) electrons. The predicted molar refractivity (Wildman–Crippen MR) is 60.6 cm³/mol. The highest BCUT2D eigenvalue weighted by Gasteiger charge is 2.31. The first-order valence-corrected chi connectivity index (χ1v) is 6.36. The van der Waals surface area contributed by atoms with Gasteiger partial charge >= 0.3 is 6.18 Å². The zero-order valence-corrected chi connectivity index (χ0v) is 10.5. The van der Waals surface area contributed by atoms with Crippen molar-refractivity contribution in [3.8, 4) is 0 Å². The van der Waals surface area contributed by atoms with Crippen LogP contribution in [-0.2, 0) is 4.79 Å². The van der Waals surface area contributed by atoms with Gasteiger partial charge in [0, 0.05) is 12.8 Å². The first-order chi connectivity index (χ1) is 7.78. The topological polar surface area (TPSA) is 17.1 Å². The van der Waals surface area contributed by atoms with E-state index < -0.39 is 12.6 Å². The van der Waals surface area contributed by atoms with E-state index in [0.29, 0.717) is 24.2 Å². The molecule has 1 nitrogen and oxygen atoms in total. The monoisotopic (exact) mass is 250 g/mol. The summed E-state index contributed by atoms with van der Waals surface area (Å²) in [5, 5.41) is 0. The number of alkyl halides is 3. The SMILES string of the molecule is CC(C)C1CCC(CC(=O)CCC(F)(F)F)C1. The molecular weight excluding hydrogens is 229 g/mol. The second kappa shape index (κ2) is 5.87. The van der Waals surface area contributed by atoms with E-state index in [9.17, 15) is 18.0 Å². The van der Waals surface area contributed by atoms with Crippen molar-refractivity contribution in [2.45, 2.75) is 58.5 Å². The number of hydrogen-bond donors (Lipinski definition) is 0. The Morgan fingerprint density at radius 2 is 1.94 bits per heavy atom. The van der Waals surface area contributed by atoms with E-state index in [2.05, 4.69) is 13.8 Å². The van der Waals surface area contributed by atoms with Crippen LogP contribution in [0.3, 0.4) is 0 Å². The fourth-order valence-corrected chi connectivity index (χ4v) is 2.61. The summed E-state index contributed by atoms with van der Waals surface area (Å²) in [5.74, 6) is 1.36. The van der Waals surface area contributed by atoms with E-state index in [0.717, 1.165) is 19.3 Å². The van der Waals surface area contributed by atoms with Crippen LogP contribution in [-0.4, -0.2) is 12.0 Å². The molecule has 1 aliphatic rings. The van der Waals surface area contributed by atoms with Gasteiger partial charge in [-0.2, -0.15) is 13.2 Å². The average Bonchev–Trinajstić information content (AvgIpc) is 2.62. The fraction of sp³-hybridized carbons (Fsp3) is 0.923. The van der Waals surface area contributed by atoms with Gasteiger partial charge in [-0.25, -0.2) is 0 Å². The van der Waals surface area contributed by atoms with Gasteiger partial charge in [-0.3, -0.25) is 4.79 Å². The van der Waals surface area contributed by atoms with E-state index in [-0.39, 0.29) is 12.2 Å². The molecule has 2 unspecified atom stereocenters. The molecule has 1 fully saturated rings. The van der Waals surface area contributed by atoms with Gasteiger partial charge in [-0.15, -0.1) is 0 Å². The van der Waals surface area contributed by atoms with Crippen LogP contribution in [0.15, 0.2) is 0 Å². The minimum Gasteiger partial charge on any atom is -0.300 e. The van der Waals surface area contributed by atoms with Gasteiger partial charge in [-0.05, 0) is 37.0 Å². The number of carbonyl (C=O) groups is 1. The smallest absolute Gasteiger partial charge is 0.300 e. The predicted octanol–water partition coefficient (Wildman–Crippen LogP) is 4.36. The summed E-state index contributed by atoms with van der Waals surface area (Å²) in [6.07, 6.45) is -2.03. The molecule has 1 aliphatic carbocycles. The highest BCUT2D eigenvalue weighted by molar-refractivity contribution is 5.78. The molecule has 0 aromatic rings. The summed E-state index contributed by atoms with van der Waals surface area (Å²) < 4.78 is 35.8. The van der Waals surface area contributed by atoms with Crippen LogP contribution in [0.1, 0.15) is 52.4 Å². The summed E-state index contributed by atoms with van der Waals surface area (Å²) in [4.78, 5) is 11.4. The standard InChI is InChI=1S/C13H21F3O/c1-9(2)11-4-3-10(7-11)8-12(17)5-6-13(14,15)16/h9-11H,3-8H2,1-2H3. The first kappa shape index (κ1) is 14.5. The van der Waals surface area contributed by atoms with Crippen LogP contribution in [0, 0.1) is 17.8 Å². The number of rotatable bonds is 5. The second-order valence-corrected chi connectivity index (χ2v) is 5.54. The number of Topliss-reactive ketones (excluding diaryl/α,β-unsaturated/α-hetero) is 1. The molecule has 0 aromatic carbocycles. The Balaban J connectivity index is 2.24. The third kappa shape index (κ3) is 5.55. The minimum atomic E-state index is -4.20.